The molecule has 1 N–H and O–H groups in total. The molecule has 0 amide bonds. The van der Waals surface area contributed by atoms with Gasteiger partial charge in [0.2, 0.25) is 0 Å². The van der Waals surface area contributed by atoms with E-state index in [0.29, 0.717) is 0 Å². The van der Waals surface area contributed by atoms with Gasteiger partial charge in [0.1, 0.15) is 12.1 Å². The molecule has 0 spiro atoms. The van der Waals surface area contributed by atoms with E-state index in [1.54, 1.807) is 13.4 Å². The molecule has 0 saturated heterocycles. The summed E-state index contributed by atoms with van der Waals surface area (Å²) in [6, 6.07) is 6.02. The van der Waals surface area contributed by atoms with Crippen LogP contribution in [-0.4, -0.2) is 29.2 Å². The van der Waals surface area contributed by atoms with E-state index < -0.39 is 0 Å². The van der Waals surface area contributed by atoms with Crippen LogP contribution in [-0.2, 0) is 4.74 Å². The van der Waals surface area contributed by atoms with Crippen LogP contribution < -0.4 is 5.32 Å². The van der Waals surface area contributed by atoms with Crippen molar-refractivity contribution in [2.75, 3.05) is 19.0 Å². The highest BCUT2D eigenvalue weighted by Crippen LogP contribution is 2.35. The summed E-state index contributed by atoms with van der Waals surface area (Å²) in [5, 5.41) is 4.44. The minimum absolute atomic E-state index is 0.0106. The van der Waals surface area contributed by atoms with Crippen molar-refractivity contribution in [1.82, 2.24) is 9.97 Å². The van der Waals surface area contributed by atoms with Gasteiger partial charge in [-0.15, -0.1) is 0 Å². The largest absolute Gasteiger partial charge is 0.376 e. The molecular formula is C14H16BrN3O. The second-order valence-corrected chi connectivity index (χ2v) is 5.89. The van der Waals surface area contributed by atoms with E-state index >= 15 is 0 Å². The zero-order chi connectivity index (χ0) is 13.3. The number of aromatic nitrogens is 2. The number of hydrogen-bond donors (Lipinski definition) is 1. The number of methoxy groups -OCH3 is 1. The lowest BCUT2D eigenvalue weighted by molar-refractivity contribution is -0.0601. The minimum Gasteiger partial charge on any atom is -0.376 e. The third-order valence-corrected chi connectivity index (χ3v) is 4.37. The van der Waals surface area contributed by atoms with E-state index in [0.717, 1.165) is 40.6 Å². The van der Waals surface area contributed by atoms with Gasteiger partial charge in [-0.3, -0.25) is 0 Å². The van der Waals surface area contributed by atoms with Crippen molar-refractivity contribution in [3.05, 3.63) is 29.0 Å². The SMILES string of the molecule is COC1(CNc2ncnc3ccc(Br)cc23)CCC1. The summed E-state index contributed by atoms with van der Waals surface area (Å²) >= 11 is 3.49. The Kier molecular flexibility index (Phi) is 3.41. The monoisotopic (exact) mass is 321 g/mol. The van der Waals surface area contributed by atoms with Gasteiger partial charge in [0, 0.05) is 23.5 Å². The average Bonchev–Trinajstić information content (AvgIpc) is 2.38. The Morgan fingerprint density at radius 2 is 2.21 bits per heavy atom. The van der Waals surface area contributed by atoms with Crippen LogP contribution in [0.1, 0.15) is 19.3 Å². The predicted octanol–water partition coefficient (Wildman–Crippen LogP) is 3.37. The zero-order valence-electron chi connectivity index (χ0n) is 10.8. The van der Waals surface area contributed by atoms with Crippen molar-refractivity contribution in [3.8, 4) is 0 Å². The Morgan fingerprint density at radius 3 is 2.89 bits per heavy atom. The highest BCUT2D eigenvalue weighted by molar-refractivity contribution is 9.10. The van der Waals surface area contributed by atoms with E-state index in [1.807, 2.05) is 18.2 Å². The van der Waals surface area contributed by atoms with Gasteiger partial charge in [-0.25, -0.2) is 9.97 Å². The molecule has 1 aliphatic rings. The van der Waals surface area contributed by atoms with E-state index in [4.69, 9.17) is 4.74 Å². The van der Waals surface area contributed by atoms with Gasteiger partial charge in [-0.1, -0.05) is 15.9 Å². The number of rotatable bonds is 4. The van der Waals surface area contributed by atoms with Gasteiger partial charge in [-0.05, 0) is 37.5 Å². The first kappa shape index (κ1) is 12.8. The molecule has 1 aromatic heterocycles. The van der Waals surface area contributed by atoms with Gasteiger partial charge in [-0.2, -0.15) is 0 Å². The first-order valence-electron chi connectivity index (χ1n) is 6.42. The van der Waals surface area contributed by atoms with Crippen LogP contribution in [0.25, 0.3) is 10.9 Å². The Labute approximate surface area is 120 Å². The number of ether oxygens (including phenoxy) is 1. The highest BCUT2D eigenvalue weighted by atomic mass is 79.9. The Balaban J connectivity index is 1.86. The van der Waals surface area contributed by atoms with Crippen molar-refractivity contribution in [2.45, 2.75) is 24.9 Å². The molecule has 5 heteroatoms. The van der Waals surface area contributed by atoms with Gasteiger partial charge in [0.05, 0.1) is 11.1 Å². The molecule has 1 fully saturated rings. The third kappa shape index (κ3) is 2.44. The van der Waals surface area contributed by atoms with Crippen molar-refractivity contribution in [2.24, 2.45) is 0 Å². The maximum atomic E-state index is 5.62. The molecule has 1 heterocycles. The van der Waals surface area contributed by atoms with Crippen LogP contribution in [0.4, 0.5) is 5.82 Å². The second-order valence-electron chi connectivity index (χ2n) is 4.98. The zero-order valence-corrected chi connectivity index (χ0v) is 12.4. The fourth-order valence-corrected chi connectivity index (χ4v) is 2.80. The fourth-order valence-electron chi connectivity index (χ4n) is 2.44. The van der Waals surface area contributed by atoms with Crippen LogP contribution in [0.15, 0.2) is 29.0 Å². The lowest BCUT2D eigenvalue weighted by Gasteiger charge is -2.40. The molecule has 4 nitrogen and oxygen atoms in total. The summed E-state index contributed by atoms with van der Waals surface area (Å²) in [6.07, 6.45) is 5.07. The van der Waals surface area contributed by atoms with E-state index in [1.165, 1.54) is 6.42 Å². The van der Waals surface area contributed by atoms with E-state index in [9.17, 15) is 0 Å². The molecule has 0 atom stereocenters. The number of hydrogen-bond acceptors (Lipinski definition) is 4. The molecule has 0 unspecified atom stereocenters. The Bertz CT molecular complexity index is 593. The minimum atomic E-state index is -0.0106. The molecule has 1 saturated carbocycles. The maximum Gasteiger partial charge on any atom is 0.137 e. The van der Waals surface area contributed by atoms with Gasteiger partial charge in [0.15, 0.2) is 0 Å². The summed E-state index contributed by atoms with van der Waals surface area (Å²) in [4.78, 5) is 8.62. The van der Waals surface area contributed by atoms with Gasteiger partial charge in [0.25, 0.3) is 0 Å². The van der Waals surface area contributed by atoms with Gasteiger partial charge < -0.3 is 10.1 Å². The molecule has 19 heavy (non-hydrogen) atoms. The quantitative estimate of drug-likeness (QED) is 0.937. The maximum absolute atomic E-state index is 5.62. The summed E-state index contributed by atoms with van der Waals surface area (Å²) in [5.41, 5.74) is 0.935. The lowest BCUT2D eigenvalue weighted by Crippen LogP contribution is -2.45. The van der Waals surface area contributed by atoms with Crippen LogP contribution >= 0.6 is 15.9 Å². The normalized spacial score (nSPS) is 17.2. The summed E-state index contributed by atoms with van der Waals surface area (Å²) in [5.74, 6) is 0.870. The number of benzene rings is 1. The Morgan fingerprint density at radius 1 is 1.37 bits per heavy atom. The van der Waals surface area contributed by atoms with Crippen molar-refractivity contribution in [3.63, 3.8) is 0 Å². The number of nitrogens with one attached hydrogen (secondary N) is 1. The smallest absolute Gasteiger partial charge is 0.137 e. The lowest BCUT2D eigenvalue weighted by atomic mass is 9.80. The third-order valence-electron chi connectivity index (χ3n) is 3.87. The molecule has 100 valence electrons. The first-order chi connectivity index (χ1) is 9.22. The van der Waals surface area contributed by atoms with Gasteiger partial charge >= 0.3 is 0 Å². The van der Waals surface area contributed by atoms with E-state index in [2.05, 4.69) is 31.2 Å². The summed E-state index contributed by atoms with van der Waals surface area (Å²) < 4.78 is 6.65. The molecule has 0 aliphatic heterocycles. The summed E-state index contributed by atoms with van der Waals surface area (Å²) in [7, 11) is 1.79. The fraction of sp³-hybridized carbons (Fsp3) is 0.429. The van der Waals surface area contributed by atoms with E-state index in [-0.39, 0.29) is 5.60 Å². The number of halogens is 1. The molecular weight excluding hydrogens is 306 g/mol. The molecule has 1 aliphatic carbocycles. The van der Waals surface area contributed by atoms with Crippen molar-refractivity contribution in [1.29, 1.82) is 0 Å². The number of nitrogens with zero attached hydrogens (tertiary/aromatic N) is 2. The molecule has 0 radical (unpaired) electrons. The predicted molar refractivity (Wildman–Crippen MR) is 79.3 cm³/mol. The van der Waals surface area contributed by atoms with Crippen molar-refractivity contribution < 1.29 is 4.74 Å². The average molecular weight is 322 g/mol. The highest BCUT2D eigenvalue weighted by Gasteiger charge is 2.36. The molecule has 2 aromatic rings. The second kappa shape index (κ2) is 5.06. The van der Waals surface area contributed by atoms with Crippen molar-refractivity contribution >= 4 is 32.7 Å². The van der Waals surface area contributed by atoms with Crippen LogP contribution in [0.2, 0.25) is 0 Å². The topological polar surface area (TPSA) is 47.0 Å². The standard InChI is InChI=1S/C14H16BrN3O/c1-19-14(5-2-6-14)8-16-13-11-7-10(15)3-4-12(11)17-9-18-13/h3-4,7,9H,2,5-6,8H2,1H3,(H,16,17,18). The molecule has 0 bridgehead atoms. The van der Waals surface area contributed by atoms with Crippen LogP contribution in [0.3, 0.4) is 0 Å². The Hall–Kier alpha value is -1.20. The number of fused-ring (bicyclic) bond motifs is 1. The first-order valence-corrected chi connectivity index (χ1v) is 7.21. The molecule has 3 rings (SSSR count). The summed E-state index contributed by atoms with van der Waals surface area (Å²) in [6.45, 7) is 0.794. The van der Waals surface area contributed by atoms with Crippen LogP contribution in [0.5, 0.6) is 0 Å². The number of anilines is 1. The molecule has 1 aromatic carbocycles. The van der Waals surface area contributed by atoms with Crippen LogP contribution in [0, 0.1) is 0 Å².